The van der Waals surface area contributed by atoms with Crippen molar-refractivity contribution < 1.29 is 4.74 Å². The number of ether oxygens (including phenoxy) is 1. The van der Waals surface area contributed by atoms with Crippen LogP contribution in [0.1, 0.15) is 39.7 Å². The Morgan fingerprint density at radius 1 is 0.429 bits per heavy atom. The predicted octanol–water partition coefficient (Wildman–Crippen LogP) is 8.20. The molecule has 5 aromatic carbocycles. The van der Waals surface area contributed by atoms with E-state index in [-0.39, 0.29) is 17.9 Å². The lowest BCUT2D eigenvalue weighted by Crippen LogP contribution is -2.29. The van der Waals surface area contributed by atoms with Gasteiger partial charge in [-0.15, -0.1) is 0 Å². The van der Waals surface area contributed by atoms with E-state index in [1.165, 1.54) is 50.1 Å². The van der Waals surface area contributed by atoms with Crippen LogP contribution in [-0.4, -0.2) is 6.10 Å². The highest BCUT2D eigenvalue weighted by Crippen LogP contribution is 2.55. The quantitative estimate of drug-likeness (QED) is 0.262. The molecule has 2 aliphatic rings. The lowest BCUT2D eigenvalue weighted by Gasteiger charge is -2.32. The van der Waals surface area contributed by atoms with E-state index in [0.29, 0.717) is 6.61 Å². The highest BCUT2D eigenvalue weighted by molar-refractivity contribution is 5.82. The standard InChI is InChI=1S/C34H26O/c1-2-12-23(13-3-1)22-35-34(32-28-18-8-4-14-24(28)25-15-5-9-19-29(25)32)33-30-20-10-6-16-26(30)27-17-7-11-21-31(27)33/h1-21,32-34H,22H2. The Labute approximate surface area is 206 Å². The third kappa shape index (κ3) is 3.27. The summed E-state index contributed by atoms with van der Waals surface area (Å²) in [6, 6.07) is 46.1. The summed E-state index contributed by atoms with van der Waals surface area (Å²) >= 11 is 0. The van der Waals surface area contributed by atoms with Crippen LogP contribution in [0.2, 0.25) is 0 Å². The molecular weight excluding hydrogens is 424 g/mol. The van der Waals surface area contributed by atoms with Gasteiger partial charge in [-0.25, -0.2) is 0 Å². The minimum absolute atomic E-state index is 0.0372. The third-order valence-electron chi connectivity index (χ3n) is 7.71. The second kappa shape index (κ2) is 8.37. The van der Waals surface area contributed by atoms with Crippen LogP contribution in [0.4, 0.5) is 0 Å². The van der Waals surface area contributed by atoms with Gasteiger partial charge in [0.1, 0.15) is 0 Å². The highest BCUT2D eigenvalue weighted by Gasteiger charge is 2.43. The molecule has 1 nitrogen and oxygen atoms in total. The fraction of sp³-hybridized carbons (Fsp3) is 0.118. The van der Waals surface area contributed by atoms with Crippen molar-refractivity contribution in [1.82, 2.24) is 0 Å². The first-order valence-corrected chi connectivity index (χ1v) is 12.4. The molecular formula is C34H26O. The van der Waals surface area contributed by atoms with Crippen molar-refractivity contribution in [2.45, 2.75) is 24.5 Å². The van der Waals surface area contributed by atoms with Gasteiger partial charge >= 0.3 is 0 Å². The molecule has 5 aromatic rings. The highest BCUT2D eigenvalue weighted by atomic mass is 16.5. The first kappa shape index (κ1) is 20.4. The molecule has 7 rings (SSSR count). The molecule has 0 spiro atoms. The van der Waals surface area contributed by atoms with E-state index in [4.69, 9.17) is 4.74 Å². The lowest BCUT2D eigenvalue weighted by molar-refractivity contribution is 0.0206. The van der Waals surface area contributed by atoms with Crippen LogP contribution in [0.25, 0.3) is 22.3 Å². The largest absolute Gasteiger partial charge is 0.372 e. The fourth-order valence-corrected chi connectivity index (χ4v) is 6.25. The summed E-state index contributed by atoms with van der Waals surface area (Å²) < 4.78 is 7.02. The molecule has 0 atom stereocenters. The summed E-state index contributed by atoms with van der Waals surface area (Å²) in [5.41, 5.74) is 12.0. The van der Waals surface area contributed by atoms with Gasteiger partial charge in [0.15, 0.2) is 0 Å². The predicted molar refractivity (Wildman–Crippen MR) is 142 cm³/mol. The minimum Gasteiger partial charge on any atom is -0.372 e. The zero-order chi connectivity index (χ0) is 23.2. The molecule has 0 bridgehead atoms. The molecule has 0 aromatic heterocycles. The van der Waals surface area contributed by atoms with Gasteiger partial charge in [-0.05, 0) is 50.1 Å². The monoisotopic (exact) mass is 450 g/mol. The molecule has 1 heteroatoms. The second-order valence-electron chi connectivity index (χ2n) is 9.57. The first-order chi connectivity index (χ1) is 17.4. The Morgan fingerprint density at radius 3 is 1.17 bits per heavy atom. The number of hydrogen-bond donors (Lipinski definition) is 0. The summed E-state index contributed by atoms with van der Waals surface area (Å²) in [5, 5.41) is 0. The summed E-state index contributed by atoms with van der Waals surface area (Å²) in [5.74, 6) is 0.325. The van der Waals surface area contributed by atoms with Crippen LogP contribution in [0.3, 0.4) is 0 Å². The molecule has 0 heterocycles. The van der Waals surface area contributed by atoms with E-state index >= 15 is 0 Å². The second-order valence-corrected chi connectivity index (χ2v) is 9.57. The maximum absolute atomic E-state index is 7.02. The molecule has 0 fully saturated rings. The van der Waals surface area contributed by atoms with Crippen molar-refractivity contribution in [2.75, 3.05) is 0 Å². The lowest BCUT2D eigenvalue weighted by atomic mass is 9.79. The minimum atomic E-state index is -0.0372. The van der Waals surface area contributed by atoms with Crippen LogP contribution in [-0.2, 0) is 11.3 Å². The van der Waals surface area contributed by atoms with Gasteiger partial charge in [0, 0.05) is 11.8 Å². The van der Waals surface area contributed by atoms with Crippen LogP contribution in [0, 0.1) is 0 Å². The molecule has 0 N–H and O–H groups in total. The van der Waals surface area contributed by atoms with Crippen molar-refractivity contribution in [3.63, 3.8) is 0 Å². The van der Waals surface area contributed by atoms with Gasteiger partial charge < -0.3 is 4.74 Å². The molecule has 0 amide bonds. The average molecular weight is 451 g/mol. The van der Waals surface area contributed by atoms with E-state index in [2.05, 4.69) is 127 Å². The van der Waals surface area contributed by atoms with E-state index in [0.717, 1.165) is 0 Å². The summed E-state index contributed by atoms with van der Waals surface area (Å²) in [6.45, 7) is 0.590. The van der Waals surface area contributed by atoms with Crippen LogP contribution < -0.4 is 0 Å². The zero-order valence-corrected chi connectivity index (χ0v) is 19.5. The topological polar surface area (TPSA) is 9.23 Å². The van der Waals surface area contributed by atoms with Crippen molar-refractivity contribution >= 4 is 0 Å². The Hall–Kier alpha value is -3.94. The molecule has 0 saturated carbocycles. The van der Waals surface area contributed by atoms with E-state index in [1.807, 2.05) is 0 Å². The van der Waals surface area contributed by atoms with Crippen molar-refractivity contribution in [3.8, 4) is 22.3 Å². The van der Waals surface area contributed by atoms with Gasteiger partial charge in [0.25, 0.3) is 0 Å². The van der Waals surface area contributed by atoms with Crippen molar-refractivity contribution in [1.29, 1.82) is 0 Å². The van der Waals surface area contributed by atoms with E-state index in [1.54, 1.807) is 0 Å². The first-order valence-electron chi connectivity index (χ1n) is 12.4. The summed E-state index contributed by atoms with van der Waals surface area (Å²) in [7, 11) is 0. The third-order valence-corrected chi connectivity index (χ3v) is 7.71. The van der Waals surface area contributed by atoms with Crippen molar-refractivity contribution in [2.24, 2.45) is 0 Å². The van der Waals surface area contributed by atoms with Gasteiger partial charge in [0.05, 0.1) is 12.7 Å². The van der Waals surface area contributed by atoms with Crippen LogP contribution >= 0.6 is 0 Å². The summed E-state index contributed by atoms with van der Waals surface area (Å²) in [4.78, 5) is 0. The van der Waals surface area contributed by atoms with Gasteiger partial charge in [-0.2, -0.15) is 0 Å². The number of fused-ring (bicyclic) bond motifs is 6. The van der Waals surface area contributed by atoms with Crippen molar-refractivity contribution in [3.05, 3.63) is 155 Å². The molecule has 35 heavy (non-hydrogen) atoms. The van der Waals surface area contributed by atoms with Gasteiger partial charge in [0.2, 0.25) is 0 Å². The molecule has 0 saturated heterocycles. The average Bonchev–Trinajstić information content (AvgIpc) is 3.44. The number of benzene rings is 5. The van der Waals surface area contributed by atoms with Crippen LogP contribution in [0.5, 0.6) is 0 Å². The maximum atomic E-state index is 7.02. The Balaban J connectivity index is 1.42. The number of hydrogen-bond acceptors (Lipinski definition) is 1. The number of rotatable bonds is 5. The molecule has 0 aliphatic heterocycles. The van der Waals surface area contributed by atoms with Crippen LogP contribution in [0.15, 0.2) is 127 Å². The van der Waals surface area contributed by atoms with E-state index < -0.39 is 0 Å². The Kier molecular flexibility index (Phi) is 4.89. The normalized spacial score (nSPS) is 14.0. The molecule has 2 aliphatic carbocycles. The summed E-state index contributed by atoms with van der Waals surface area (Å²) in [6.07, 6.45) is -0.0372. The van der Waals surface area contributed by atoms with Gasteiger partial charge in [-0.1, -0.05) is 127 Å². The SMILES string of the molecule is c1ccc(COC(C2c3ccccc3-c3ccccc32)C2c3ccccc3-c3ccccc32)cc1. The Morgan fingerprint density at radius 2 is 0.771 bits per heavy atom. The molecule has 0 unspecified atom stereocenters. The smallest absolute Gasteiger partial charge is 0.0798 e. The molecule has 0 radical (unpaired) electrons. The fourth-order valence-electron chi connectivity index (χ4n) is 6.25. The van der Waals surface area contributed by atoms with E-state index in [9.17, 15) is 0 Å². The Bertz CT molecular complexity index is 1330. The van der Waals surface area contributed by atoms with Gasteiger partial charge in [-0.3, -0.25) is 0 Å². The maximum Gasteiger partial charge on any atom is 0.0798 e. The zero-order valence-electron chi connectivity index (χ0n) is 19.5. The molecule has 168 valence electrons.